The second-order valence-corrected chi connectivity index (χ2v) is 3.66. The molecule has 2 rings (SSSR count). The number of aromatic nitrogens is 2. The SMILES string of the molecule is Cc1cccc(Oc2ncnc(Cl)c2N)c1. The topological polar surface area (TPSA) is 61.0 Å². The molecule has 4 nitrogen and oxygen atoms in total. The van der Waals surface area contributed by atoms with Gasteiger partial charge in [0.1, 0.15) is 17.8 Å². The van der Waals surface area contributed by atoms with Crippen LogP contribution in [0.2, 0.25) is 5.15 Å². The first-order chi connectivity index (χ1) is 7.66. The Bertz CT molecular complexity index is 516. The third kappa shape index (κ3) is 2.23. The Balaban J connectivity index is 2.31. The number of benzene rings is 1. The molecule has 82 valence electrons. The fourth-order valence-corrected chi connectivity index (χ4v) is 1.36. The van der Waals surface area contributed by atoms with Crippen molar-refractivity contribution in [1.29, 1.82) is 0 Å². The number of nitrogen functional groups attached to an aromatic ring is 1. The van der Waals surface area contributed by atoms with Crippen LogP contribution in [0.4, 0.5) is 5.69 Å². The van der Waals surface area contributed by atoms with Crippen LogP contribution >= 0.6 is 11.6 Å². The van der Waals surface area contributed by atoms with Crippen LogP contribution < -0.4 is 10.5 Å². The van der Waals surface area contributed by atoms with Gasteiger partial charge in [-0.3, -0.25) is 0 Å². The van der Waals surface area contributed by atoms with E-state index in [1.54, 1.807) is 0 Å². The van der Waals surface area contributed by atoms with E-state index in [2.05, 4.69) is 9.97 Å². The van der Waals surface area contributed by atoms with Gasteiger partial charge in [0, 0.05) is 0 Å². The van der Waals surface area contributed by atoms with Gasteiger partial charge in [-0.15, -0.1) is 0 Å². The van der Waals surface area contributed by atoms with Gasteiger partial charge >= 0.3 is 0 Å². The van der Waals surface area contributed by atoms with Crippen LogP contribution in [0.15, 0.2) is 30.6 Å². The van der Waals surface area contributed by atoms with Crippen LogP contribution in [0.3, 0.4) is 0 Å². The van der Waals surface area contributed by atoms with Crippen LogP contribution in [0.1, 0.15) is 5.56 Å². The molecule has 0 spiro atoms. The molecule has 2 N–H and O–H groups in total. The summed E-state index contributed by atoms with van der Waals surface area (Å²) in [6.07, 6.45) is 1.31. The van der Waals surface area contributed by atoms with Gasteiger partial charge in [0.25, 0.3) is 0 Å². The van der Waals surface area contributed by atoms with E-state index in [0.29, 0.717) is 5.75 Å². The molecular formula is C11H10ClN3O. The molecule has 0 aliphatic rings. The minimum atomic E-state index is 0.192. The molecule has 1 heterocycles. The Labute approximate surface area is 98.0 Å². The predicted octanol–water partition coefficient (Wildman–Crippen LogP) is 2.81. The molecule has 0 radical (unpaired) electrons. The van der Waals surface area contributed by atoms with Crippen molar-refractivity contribution in [3.8, 4) is 11.6 Å². The van der Waals surface area contributed by atoms with Crippen molar-refractivity contribution < 1.29 is 4.74 Å². The van der Waals surface area contributed by atoms with Gasteiger partial charge in [-0.2, -0.15) is 4.98 Å². The molecule has 1 aromatic heterocycles. The highest BCUT2D eigenvalue weighted by atomic mass is 35.5. The Morgan fingerprint density at radius 2 is 2.12 bits per heavy atom. The van der Waals surface area contributed by atoms with Crippen LogP contribution in [-0.4, -0.2) is 9.97 Å². The van der Waals surface area contributed by atoms with Gasteiger partial charge in [0.15, 0.2) is 5.15 Å². The zero-order chi connectivity index (χ0) is 11.5. The summed E-state index contributed by atoms with van der Waals surface area (Å²) in [5.74, 6) is 0.937. The van der Waals surface area contributed by atoms with Crippen molar-refractivity contribution in [2.45, 2.75) is 6.92 Å². The van der Waals surface area contributed by atoms with Crippen molar-refractivity contribution in [3.05, 3.63) is 41.3 Å². The summed E-state index contributed by atoms with van der Waals surface area (Å²) >= 11 is 5.76. The summed E-state index contributed by atoms with van der Waals surface area (Å²) in [6, 6.07) is 7.57. The zero-order valence-corrected chi connectivity index (χ0v) is 9.40. The number of hydrogen-bond acceptors (Lipinski definition) is 4. The monoisotopic (exact) mass is 235 g/mol. The third-order valence-corrected chi connectivity index (χ3v) is 2.30. The van der Waals surface area contributed by atoms with Gasteiger partial charge in [0.05, 0.1) is 0 Å². The number of anilines is 1. The Hall–Kier alpha value is -1.81. The van der Waals surface area contributed by atoms with E-state index in [-0.39, 0.29) is 16.7 Å². The van der Waals surface area contributed by atoms with Crippen LogP contribution in [-0.2, 0) is 0 Å². The lowest BCUT2D eigenvalue weighted by atomic mass is 10.2. The number of nitrogens with zero attached hydrogens (tertiary/aromatic N) is 2. The first-order valence-corrected chi connectivity index (χ1v) is 5.05. The van der Waals surface area contributed by atoms with Crippen molar-refractivity contribution in [1.82, 2.24) is 9.97 Å². The Morgan fingerprint density at radius 1 is 1.31 bits per heavy atom. The molecule has 0 amide bonds. The van der Waals surface area contributed by atoms with Crippen molar-refractivity contribution in [2.75, 3.05) is 5.73 Å². The number of ether oxygens (including phenoxy) is 1. The van der Waals surface area contributed by atoms with Crippen LogP contribution in [0, 0.1) is 6.92 Å². The highest BCUT2D eigenvalue weighted by molar-refractivity contribution is 6.32. The van der Waals surface area contributed by atoms with E-state index >= 15 is 0 Å². The molecule has 2 aromatic rings. The summed E-state index contributed by atoms with van der Waals surface area (Å²) in [6.45, 7) is 1.98. The van der Waals surface area contributed by atoms with Gasteiger partial charge in [-0.25, -0.2) is 4.98 Å². The summed E-state index contributed by atoms with van der Waals surface area (Å²) in [4.78, 5) is 7.67. The molecule has 16 heavy (non-hydrogen) atoms. The summed E-state index contributed by atoms with van der Waals surface area (Å²) in [7, 11) is 0. The van der Waals surface area contributed by atoms with Gasteiger partial charge in [0.2, 0.25) is 5.88 Å². The first-order valence-electron chi connectivity index (χ1n) is 4.67. The lowest BCUT2D eigenvalue weighted by molar-refractivity contribution is 0.464. The molecule has 0 aliphatic heterocycles. The summed E-state index contributed by atoms with van der Waals surface area (Å²) in [5, 5.41) is 0.192. The third-order valence-electron chi connectivity index (χ3n) is 2.00. The van der Waals surface area contributed by atoms with Crippen LogP contribution in [0.5, 0.6) is 11.6 Å². The second-order valence-electron chi connectivity index (χ2n) is 3.30. The molecule has 1 aromatic carbocycles. The lowest BCUT2D eigenvalue weighted by Crippen LogP contribution is -1.97. The molecule has 0 aliphatic carbocycles. The van der Waals surface area contributed by atoms with Crippen molar-refractivity contribution >= 4 is 17.3 Å². The number of hydrogen-bond donors (Lipinski definition) is 1. The van der Waals surface area contributed by atoms with E-state index in [1.807, 2.05) is 31.2 Å². The predicted molar refractivity (Wildman–Crippen MR) is 62.7 cm³/mol. The number of nitrogens with two attached hydrogens (primary N) is 1. The van der Waals surface area contributed by atoms with Gasteiger partial charge in [-0.05, 0) is 24.6 Å². The normalized spacial score (nSPS) is 10.1. The summed E-state index contributed by atoms with van der Waals surface area (Å²) in [5.41, 5.74) is 7.02. The number of rotatable bonds is 2. The molecule has 0 saturated carbocycles. The van der Waals surface area contributed by atoms with Gasteiger partial charge < -0.3 is 10.5 Å². The zero-order valence-electron chi connectivity index (χ0n) is 8.64. The highest BCUT2D eigenvalue weighted by Crippen LogP contribution is 2.28. The van der Waals surface area contributed by atoms with E-state index in [9.17, 15) is 0 Å². The molecule has 0 bridgehead atoms. The average molecular weight is 236 g/mol. The fraction of sp³-hybridized carbons (Fsp3) is 0.0909. The lowest BCUT2D eigenvalue weighted by Gasteiger charge is -2.07. The van der Waals surface area contributed by atoms with Gasteiger partial charge in [-0.1, -0.05) is 23.7 Å². The van der Waals surface area contributed by atoms with Crippen molar-refractivity contribution in [3.63, 3.8) is 0 Å². The maximum atomic E-state index is 5.76. The molecular weight excluding hydrogens is 226 g/mol. The molecule has 0 fully saturated rings. The highest BCUT2D eigenvalue weighted by Gasteiger charge is 2.08. The first kappa shape index (κ1) is 10.7. The maximum Gasteiger partial charge on any atom is 0.247 e. The Morgan fingerprint density at radius 3 is 2.88 bits per heavy atom. The van der Waals surface area contributed by atoms with Crippen molar-refractivity contribution in [2.24, 2.45) is 0 Å². The fourth-order valence-electron chi connectivity index (χ4n) is 1.23. The smallest absolute Gasteiger partial charge is 0.247 e. The quantitative estimate of drug-likeness (QED) is 0.813. The van der Waals surface area contributed by atoms with Crippen LogP contribution in [0.25, 0.3) is 0 Å². The van der Waals surface area contributed by atoms with E-state index < -0.39 is 0 Å². The number of halogens is 1. The number of aryl methyl sites for hydroxylation is 1. The average Bonchev–Trinajstić information content (AvgIpc) is 2.25. The second kappa shape index (κ2) is 4.37. The van der Waals surface area contributed by atoms with E-state index in [4.69, 9.17) is 22.1 Å². The molecule has 0 unspecified atom stereocenters. The molecule has 5 heteroatoms. The Kier molecular flexibility index (Phi) is 2.92. The summed E-state index contributed by atoms with van der Waals surface area (Å²) < 4.78 is 5.51. The van der Waals surface area contributed by atoms with E-state index in [0.717, 1.165) is 5.56 Å². The largest absolute Gasteiger partial charge is 0.437 e. The van der Waals surface area contributed by atoms with E-state index in [1.165, 1.54) is 6.33 Å². The maximum absolute atomic E-state index is 5.76. The molecule has 0 atom stereocenters. The standard InChI is InChI=1S/C11H10ClN3O/c1-7-3-2-4-8(5-7)16-11-9(13)10(12)14-6-15-11/h2-6H,13H2,1H3. The minimum Gasteiger partial charge on any atom is -0.437 e. The molecule has 0 saturated heterocycles. The minimum absolute atomic E-state index is 0.192.